The fraction of sp³-hybridized carbons (Fsp3) is 0.167. The number of carbonyl (C=O) groups is 4. The van der Waals surface area contributed by atoms with Gasteiger partial charge in [-0.25, -0.2) is 4.79 Å². The predicted molar refractivity (Wildman–Crippen MR) is 129 cm³/mol. The van der Waals surface area contributed by atoms with Gasteiger partial charge in [0.2, 0.25) is 11.1 Å². The molecular formula is C24H28ClN2NaO7. The summed E-state index contributed by atoms with van der Waals surface area (Å²) in [4.78, 5) is 41.8. The van der Waals surface area contributed by atoms with Crippen molar-refractivity contribution < 1.29 is 64.4 Å². The summed E-state index contributed by atoms with van der Waals surface area (Å²) in [5.41, 5.74) is 7.16. The van der Waals surface area contributed by atoms with E-state index in [-0.39, 0.29) is 41.5 Å². The van der Waals surface area contributed by atoms with Crippen LogP contribution in [0.15, 0.2) is 86.0 Å². The second-order valence-corrected chi connectivity index (χ2v) is 6.81. The number of rotatable bonds is 9. The Labute approximate surface area is 231 Å². The second kappa shape index (κ2) is 21.7. The van der Waals surface area contributed by atoms with Crippen molar-refractivity contribution in [2.24, 2.45) is 5.73 Å². The molecule has 35 heavy (non-hydrogen) atoms. The summed E-state index contributed by atoms with van der Waals surface area (Å²) in [6, 6.07) is 16.7. The summed E-state index contributed by atoms with van der Waals surface area (Å²) in [6.45, 7) is 6.35. The predicted octanol–water partition coefficient (Wildman–Crippen LogP) is -0.609. The largest absolute Gasteiger partial charge is 1.00 e. The standard InChI is InChI=1S/C12H13NO3.C9H11NO2.C3H3ClO.Na.H2O/c1-2-11(14)13-10(12(15)16)8-9-6-4-3-5-7-9;10-8(9(11)12)6-7-4-2-1-3-5-7;1-2-3(4)5;;/h2-7,10H,1,8H2,(H,13,14)(H,15,16);1-5,8H,6,10H2,(H,11,12);2H,1H2;;1H2/q;;;+1;/p-1/t10-;8-;;;/m00.../s1. The van der Waals surface area contributed by atoms with Gasteiger partial charge in [-0.3, -0.25) is 14.4 Å². The van der Waals surface area contributed by atoms with Gasteiger partial charge in [-0.05, 0) is 41.3 Å². The van der Waals surface area contributed by atoms with Gasteiger partial charge in [-0.2, -0.15) is 0 Å². The fourth-order valence-electron chi connectivity index (χ4n) is 2.24. The normalized spacial score (nSPS) is 10.5. The van der Waals surface area contributed by atoms with Crippen LogP contribution in [0.5, 0.6) is 0 Å². The van der Waals surface area contributed by atoms with Crippen LogP contribution in [0.3, 0.4) is 0 Å². The topological polar surface area (TPSA) is 177 Å². The first-order valence-corrected chi connectivity index (χ1v) is 10.0. The first-order chi connectivity index (χ1) is 15.6. The third kappa shape index (κ3) is 19.2. The van der Waals surface area contributed by atoms with Crippen LogP contribution >= 0.6 is 11.6 Å². The van der Waals surface area contributed by atoms with E-state index in [1.165, 1.54) is 0 Å². The molecule has 6 N–H and O–H groups in total. The molecule has 0 aromatic heterocycles. The molecule has 0 saturated heterocycles. The number of aliphatic carboxylic acids is 2. The Morgan fingerprint density at radius 2 is 1.26 bits per heavy atom. The van der Waals surface area contributed by atoms with Gasteiger partial charge in [0.15, 0.2) is 0 Å². The van der Waals surface area contributed by atoms with Crippen LogP contribution in [0.4, 0.5) is 0 Å². The molecule has 2 aromatic rings. The number of carboxylic acid groups (broad SMARTS) is 2. The molecule has 0 aliphatic carbocycles. The van der Waals surface area contributed by atoms with Crippen molar-refractivity contribution in [1.82, 2.24) is 5.32 Å². The zero-order valence-electron chi connectivity index (χ0n) is 19.3. The molecule has 2 rings (SSSR count). The van der Waals surface area contributed by atoms with Crippen LogP contribution in [-0.2, 0) is 32.0 Å². The van der Waals surface area contributed by atoms with Gasteiger partial charge < -0.3 is 26.7 Å². The van der Waals surface area contributed by atoms with E-state index < -0.39 is 35.2 Å². The van der Waals surface area contributed by atoms with E-state index in [2.05, 4.69) is 18.5 Å². The first kappa shape index (κ1) is 36.8. The molecule has 0 heterocycles. The molecular weight excluding hydrogens is 487 g/mol. The van der Waals surface area contributed by atoms with Crippen molar-refractivity contribution in [3.05, 3.63) is 97.1 Å². The monoisotopic (exact) mass is 514 g/mol. The molecule has 184 valence electrons. The van der Waals surface area contributed by atoms with E-state index in [0.29, 0.717) is 6.42 Å². The quantitative estimate of drug-likeness (QED) is 0.194. The summed E-state index contributed by atoms with van der Waals surface area (Å²) in [7, 11) is 0. The van der Waals surface area contributed by atoms with E-state index in [1.807, 2.05) is 60.7 Å². The molecule has 0 spiro atoms. The van der Waals surface area contributed by atoms with Gasteiger partial charge in [0.05, 0.1) is 0 Å². The van der Waals surface area contributed by atoms with E-state index in [9.17, 15) is 19.2 Å². The van der Waals surface area contributed by atoms with Crippen molar-refractivity contribution >= 4 is 34.7 Å². The van der Waals surface area contributed by atoms with Crippen molar-refractivity contribution in [2.45, 2.75) is 24.9 Å². The average Bonchev–Trinajstić information content (AvgIpc) is 2.80. The van der Waals surface area contributed by atoms with E-state index in [0.717, 1.165) is 23.3 Å². The molecule has 0 aliphatic heterocycles. The summed E-state index contributed by atoms with van der Waals surface area (Å²) < 4.78 is 0. The van der Waals surface area contributed by atoms with Crippen LogP contribution < -0.4 is 40.6 Å². The van der Waals surface area contributed by atoms with Gasteiger partial charge in [0.25, 0.3) is 0 Å². The molecule has 11 heteroatoms. The molecule has 2 aromatic carbocycles. The number of nitrogens with one attached hydrogen (secondary N) is 1. The Kier molecular flexibility index (Phi) is 22.8. The van der Waals surface area contributed by atoms with Gasteiger partial charge >= 0.3 is 41.5 Å². The van der Waals surface area contributed by atoms with Gasteiger partial charge in [0.1, 0.15) is 12.1 Å². The Morgan fingerprint density at radius 3 is 1.57 bits per heavy atom. The number of carboxylic acids is 2. The number of nitrogens with two attached hydrogens (primary N) is 1. The maximum atomic E-state index is 11.0. The number of amides is 1. The second-order valence-electron chi connectivity index (χ2n) is 6.44. The number of halogens is 1. The van der Waals surface area contributed by atoms with Gasteiger partial charge in [-0.1, -0.05) is 73.8 Å². The fourth-order valence-corrected chi connectivity index (χ4v) is 2.24. The summed E-state index contributed by atoms with van der Waals surface area (Å²) in [5, 5.41) is 19.3. The Balaban J connectivity index is -0.000000479. The summed E-state index contributed by atoms with van der Waals surface area (Å²) in [6.07, 6.45) is 2.74. The molecule has 0 saturated carbocycles. The maximum absolute atomic E-state index is 11.0. The first-order valence-electron chi connectivity index (χ1n) is 9.64. The maximum Gasteiger partial charge on any atom is 1.00 e. The van der Waals surface area contributed by atoms with Crippen molar-refractivity contribution in [3.63, 3.8) is 0 Å². The summed E-state index contributed by atoms with van der Waals surface area (Å²) >= 11 is 4.71. The van der Waals surface area contributed by atoms with Gasteiger partial charge in [0, 0.05) is 6.42 Å². The number of hydrogen-bond acceptors (Lipinski definition) is 6. The minimum atomic E-state index is -1.06. The molecule has 0 radical (unpaired) electrons. The third-order valence-electron chi connectivity index (χ3n) is 3.86. The molecule has 0 unspecified atom stereocenters. The number of hydrogen-bond donors (Lipinski definition) is 4. The molecule has 2 atom stereocenters. The van der Waals surface area contributed by atoms with Crippen LogP contribution in [0.2, 0.25) is 0 Å². The number of benzene rings is 2. The van der Waals surface area contributed by atoms with Crippen molar-refractivity contribution in [3.8, 4) is 0 Å². The van der Waals surface area contributed by atoms with Crippen molar-refractivity contribution in [2.75, 3.05) is 0 Å². The molecule has 0 bridgehead atoms. The SMILES string of the molecule is C=CC(=O)Cl.C=CC(=O)N[C@@H](Cc1ccccc1)C(=O)O.N[C@@H](Cc1ccccc1)C(=O)O.[Na+].[OH-]. The third-order valence-corrected chi connectivity index (χ3v) is 4.01. The van der Waals surface area contributed by atoms with E-state index in [1.54, 1.807) is 0 Å². The van der Waals surface area contributed by atoms with E-state index >= 15 is 0 Å². The molecule has 1 amide bonds. The van der Waals surface area contributed by atoms with E-state index in [4.69, 9.17) is 27.5 Å². The van der Waals surface area contributed by atoms with Crippen LogP contribution in [0.1, 0.15) is 11.1 Å². The molecule has 9 nitrogen and oxygen atoms in total. The smallest absolute Gasteiger partial charge is 0.870 e. The average molecular weight is 515 g/mol. The van der Waals surface area contributed by atoms with Crippen LogP contribution in [0, 0.1) is 0 Å². The van der Waals surface area contributed by atoms with Crippen LogP contribution in [-0.4, -0.2) is 50.9 Å². The zero-order valence-corrected chi connectivity index (χ0v) is 22.1. The number of carbonyl (C=O) groups excluding carboxylic acids is 2. The Hall–Kier alpha value is -2.79. The van der Waals surface area contributed by atoms with Crippen molar-refractivity contribution in [1.29, 1.82) is 0 Å². The van der Waals surface area contributed by atoms with Gasteiger partial charge in [-0.15, -0.1) is 0 Å². The van der Waals surface area contributed by atoms with Crippen LogP contribution in [0.25, 0.3) is 0 Å². The Morgan fingerprint density at radius 1 is 0.857 bits per heavy atom. The number of allylic oxidation sites excluding steroid dienone is 1. The molecule has 0 fully saturated rings. The molecule has 0 aliphatic rings. The minimum Gasteiger partial charge on any atom is -0.870 e. The zero-order chi connectivity index (χ0) is 25.2. The minimum absolute atomic E-state index is 0. The summed E-state index contributed by atoms with van der Waals surface area (Å²) in [5.74, 6) is -2.50. The Bertz CT molecular complexity index is 928.